The smallest absolute Gasteiger partial charge is 0.306 e. The van der Waals surface area contributed by atoms with Crippen molar-refractivity contribution in [2.45, 2.75) is 66.7 Å². The molecule has 0 aromatic heterocycles. The van der Waals surface area contributed by atoms with Crippen LogP contribution in [-0.2, 0) is 9.53 Å². The minimum absolute atomic E-state index is 0.0623. The van der Waals surface area contributed by atoms with Gasteiger partial charge in [0.25, 0.3) is 0 Å². The summed E-state index contributed by atoms with van der Waals surface area (Å²) in [5, 5.41) is 9.05. The Morgan fingerprint density at radius 3 is 2.22 bits per heavy atom. The number of hydrogen-bond acceptors (Lipinski definition) is 3. The minimum Gasteiger partial charge on any atom is -0.466 e. The Morgan fingerprint density at radius 2 is 1.78 bits per heavy atom. The van der Waals surface area contributed by atoms with Gasteiger partial charge in [-0.3, -0.25) is 4.79 Å². The van der Waals surface area contributed by atoms with E-state index in [1.807, 2.05) is 6.92 Å². The highest BCUT2D eigenvalue weighted by Crippen LogP contribution is 2.63. The molecule has 0 spiro atoms. The molecule has 0 unspecified atom stereocenters. The fourth-order valence-corrected chi connectivity index (χ4v) is 6.12. The van der Waals surface area contributed by atoms with E-state index in [1.54, 1.807) is 0 Å². The molecule has 4 fully saturated rings. The Hall–Kier alpha value is -1.09. The molecule has 0 radical (unpaired) electrons. The average Bonchev–Trinajstić information content (AvgIpc) is 2.63. The maximum atomic E-state index is 11.5. The second kappa shape index (κ2) is 7.39. The lowest BCUT2D eigenvalue weighted by Gasteiger charge is -2.60. The number of carbonyl (C=O) groups excluding carboxylic acids is 1. The van der Waals surface area contributed by atoms with Crippen molar-refractivity contribution in [2.75, 3.05) is 13.2 Å². The predicted octanol–water partition coefficient (Wildman–Crippen LogP) is 5.15. The molecule has 0 saturated heterocycles. The van der Waals surface area contributed by atoms with Crippen LogP contribution in [0.1, 0.15) is 66.7 Å². The van der Waals surface area contributed by atoms with E-state index >= 15 is 0 Å². The second-order valence-electron chi connectivity index (χ2n) is 10.3. The summed E-state index contributed by atoms with van der Waals surface area (Å²) in [5.74, 6) is 3.30. The summed E-state index contributed by atoms with van der Waals surface area (Å²) < 4.78 is 5.01. The number of ether oxygens (including phenoxy) is 1. The molecule has 3 heteroatoms. The molecule has 0 aromatic carbocycles. The molecule has 0 aliphatic heterocycles. The van der Waals surface area contributed by atoms with Gasteiger partial charge in [0.1, 0.15) is 0 Å². The first-order valence-corrected chi connectivity index (χ1v) is 10.8. The van der Waals surface area contributed by atoms with Crippen molar-refractivity contribution in [3.63, 3.8) is 0 Å². The molecule has 4 bridgehead atoms. The van der Waals surface area contributed by atoms with Gasteiger partial charge in [0.05, 0.1) is 19.6 Å². The normalized spacial score (nSPS) is 37.0. The molecule has 5 atom stereocenters. The third-order valence-electron chi connectivity index (χ3n) is 8.50. The highest BCUT2D eigenvalue weighted by Gasteiger charge is 2.54. The average molecular weight is 375 g/mol. The van der Waals surface area contributed by atoms with E-state index in [9.17, 15) is 4.79 Å². The lowest BCUT2D eigenvalue weighted by atomic mass is 9.45. The molecular weight excluding hydrogens is 336 g/mol. The van der Waals surface area contributed by atoms with Gasteiger partial charge in [-0.1, -0.05) is 45.9 Å². The summed E-state index contributed by atoms with van der Waals surface area (Å²) in [6.45, 7) is 16.1. The van der Waals surface area contributed by atoms with Crippen LogP contribution >= 0.6 is 0 Å². The summed E-state index contributed by atoms with van der Waals surface area (Å²) in [6, 6.07) is 0. The summed E-state index contributed by atoms with van der Waals surface area (Å²) >= 11 is 0. The quantitative estimate of drug-likeness (QED) is 0.547. The van der Waals surface area contributed by atoms with Crippen molar-refractivity contribution in [3.05, 3.63) is 23.8 Å². The van der Waals surface area contributed by atoms with Crippen LogP contribution in [0.15, 0.2) is 23.8 Å². The molecule has 6 aliphatic carbocycles. The van der Waals surface area contributed by atoms with Gasteiger partial charge in [-0.15, -0.1) is 0 Å². The standard InChI is InChI=1S/C14H22O2.C10H16O/c1-5-16-13(15)7-10-6-11-8-12(9(10)2)14(11,3)4;1-10(2)8-4-3-7(6-11)9(10)5-8/h10-12H,2,5-8H2,1,3-4H3;3,8-9,11H,4-6H2,1-2H3/t10-,11+,12+;8-,9-/m10/s1. The van der Waals surface area contributed by atoms with Gasteiger partial charge in [-0.2, -0.15) is 0 Å². The first-order chi connectivity index (χ1) is 12.6. The number of fused-ring (bicyclic) bond motifs is 3. The number of aliphatic hydroxyl groups is 1. The topological polar surface area (TPSA) is 46.5 Å². The Bertz CT molecular complexity index is 628. The molecular formula is C24H38O3. The van der Waals surface area contributed by atoms with Crippen molar-refractivity contribution in [2.24, 2.45) is 40.4 Å². The molecule has 152 valence electrons. The maximum absolute atomic E-state index is 11.5. The zero-order valence-electron chi connectivity index (χ0n) is 17.9. The van der Waals surface area contributed by atoms with Crippen molar-refractivity contribution in [1.82, 2.24) is 0 Å². The van der Waals surface area contributed by atoms with Gasteiger partial charge in [0.2, 0.25) is 0 Å². The van der Waals surface area contributed by atoms with E-state index in [0.717, 1.165) is 18.3 Å². The second-order valence-corrected chi connectivity index (χ2v) is 10.3. The summed E-state index contributed by atoms with van der Waals surface area (Å²) in [5.41, 5.74) is 3.48. The molecule has 0 aromatic rings. The monoisotopic (exact) mass is 374 g/mol. The zero-order chi connectivity index (χ0) is 20.0. The highest BCUT2D eigenvalue weighted by atomic mass is 16.5. The first kappa shape index (κ1) is 20.6. The third-order valence-corrected chi connectivity index (χ3v) is 8.50. The van der Waals surface area contributed by atoms with E-state index in [2.05, 4.69) is 40.3 Å². The van der Waals surface area contributed by atoms with Crippen molar-refractivity contribution >= 4 is 5.97 Å². The summed E-state index contributed by atoms with van der Waals surface area (Å²) in [7, 11) is 0. The first-order valence-electron chi connectivity index (χ1n) is 10.8. The van der Waals surface area contributed by atoms with Crippen LogP contribution in [0, 0.1) is 40.4 Å². The van der Waals surface area contributed by atoms with E-state index in [1.165, 1.54) is 30.4 Å². The fraction of sp³-hybridized carbons (Fsp3) is 0.792. The minimum atomic E-state index is -0.0623. The Labute approximate surface area is 165 Å². The van der Waals surface area contributed by atoms with Crippen LogP contribution in [-0.4, -0.2) is 24.3 Å². The fourth-order valence-electron chi connectivity index (χ4n) is 6.12. The predicted molar refractivity (Wildman–Crippen MR) is 109 cm³/mol. The molecule has 3 nitrogen and oxygen atoms in total. The molecule has 0 amide bonds. The van der Waals surface area contributed by atoms with Gasteiger partial charge < -0.3 is 9.84 Å². The highest BCUT2D eigenvalue weighted by molar-refractivity contribution is 5.70. The number of hydrogen-bond donors (Lipinski definition) is 1. The summed E-state index contributed by atoms with van der Waals surface area (Å²) in [4.78, 5) is 11.5. The zero-order valence-corrected chi connectivity index (χ0v) is 17.9. The Morgan fingerprint density at radius 1 is 1.15 bits per heavy atom. The van der Waals surface area contributed by atoms with Gasteiger partial charge in [0, 0.05) is 0 Å². The van der Waals surface area contributed by atoms with E-state index in [0.29, 0.717) is 41.6 Å². The lowest BCUT2D eigenvalue weighted by Crippen LogP contribution is -2.52. The maximum Gasteiger partial charge on any atom is 0.306 e. The molecule has 6 rings (SSSR count). The van der Waals surface area contributed by atoms with Crippen molar-refractivity contribution in [3.8, 4) is 0 Å². The molecule has 4 saturated carbocycles. The van der Waals surface area contributed by atoms with Gasteiger partial charge in [-0.05, 0) is 78.6 Å². The SMILES string of the molecule is C=C1[C@@H](CC(=O)OCC)C[C@H]2C[C@@H]1C2(C)C.CC1(C)[C@H]2CC=C(CO)[C@@H]1C2. The van der Waals surface area contributed by atoms with Crippen LogP contribution in [0.3, 0.4) is 0 Å². The van der Waals surface area contributed by atoms with Gasteiger partial charge in [0.15, 0.2) is 0 Å². The number of aliphatic hydroxyl groups excluding tert-OH is 1. The van der Waals surface area contributed by atoms with Crippen LogP contribution < -0.4 is 0 Å². The lowest BCUT2D eigenvalue weighted by molar-refractivity contribution is -0.145. The van der Waals surface area contributed by atoms with Crippen LogP contribution in [0.2, 0.25) is 0 Å². The number of carbonyl (C=O) groups is 1. The third kappa shape index (κ3) is 3.52. The number of rotatable bonds is 4. The van der Waals surface area contributed by atoms with Crippen molar-refractivity contribution < 1.29 is 14.6 Å². The van der Waals surface area contributed by atoms with Crippen LogP contribution in [0.5, 0.6) is 0 Å². The van der Waals surface area contributed by atoms with Gasteiger partial charge in [-0.25, -0.2) is 0 Å². The largest absolute Gasteiger partial charge is 0.466 e. The van der Waals surface area contributed by atoms with E-state index < -0.39 is 0 Å². The molecule has 1 N–H and O–H groups in total. The van der Waals surface area contributed by atoms with Crippen molar-refractivity contribution in [1.29, 1.82) is 0 Å². The molecule has 0 heterocycles. The molecule has 27 heavy (non-hydrogen) atoms. The van der Waals surface area contributed by atoms with E-state index in [4.69, 9.17) is 9.84 Å². The Kier molecular flexibility index (Phi) is 5.65. The molecule has 6 aliphatic rings. The van der Waals surface area contributed by atoms with Gasteiger partial charge >= 0.3 is 5.97 Å². The summed E-state index contributed by atoms with van der Waals surface area (Å²) in [6.07, 6.45) is 7.70. The van der Waals surface area contributed by atoms with Crippen LogP contribution in [0.25, 0.3) is 0 Å². The number of esters is 1. The van der Waals surface area contributed by atoms with Crippen LogP contribution in [0.4, 0.5) is 0 Å². The van der Waals surface area contributed by atoms with E-state index in [-0.39, 0.29) is 12.6 Å². The number of allylic oxidation sites excluding steroid dienone is 2. The Balaban J connectivity index is 0.000000166.